The lowest BCUT2D eigenvalue weighted by atomic mass is 9.95. The quantitative estimate of drug-likeness (QED) is 0.729. The number of hydrogen-bond acceptors (Lipinski definition) is 2. The molecule has 0 radical (unpaired) electrons. The predicted molar refractivity (Wildman–Crippen MR) is 93.6 cm³/mol. The van der Waals surface area contributed by atoms with Gasteiger partial charge in [0.2, 0.25) is 0 Å². The summed E-state index contributed by atoms with van der Waals surface area (Å²) in [7, 11) is 2.22. The van der Waals surface area contributed by atoms with Crippen molar-refractivity contribution in [3.63, 3.8) is 0 Å². The van der Waals surface area contributed by atoms with Gasteiger partial charge in [-0.3, -0.25) is 0 Å². The van der Waals surface area contributed by atoms with Crippen LogP contribution < -0.4 is 5.32 Å². The number of benzene rings is 1. The zero-order valence-electron chi connectivity index (χ0n) is 14.9. The largest absolute Gasteiger partial charge is 0.316 e. The molecule has 0 saturated carbocycles. The Labute approximate surface area is 131 Å². The van der Waals surface area contributed by atoms with E-state index in [9.17, 15) is 0 Å². The van der Waals surface area contributed by atoms with Gasteiger partial charge in [0.1, 0.15) is 0 Å². The van der Waals surface area contributed by atoms with Crippen molar-refractivity contribution in [1.82, 2.24) is 10.2 Å². The molecule has 0 aliphatic rings. The Morgan fingerprint density at radius 3 is 2.29 bits per heavy atom. The SMILES string of the molecule is CC(C)CNCCc1ccccc1CN(C)CC(C)(C)C. The van der Waals surface area contributed by atoms with E-state index in [0.717, 1.165) is 38.5 Å². The predicted octanol–water partition coefficient (Wildman–Crippen LogP) is 3.95. The van der Waals surface area contributed by atoms with E-state index < -0.39 is 0 Å². The average molecular weight is 290 g/mol. The Morgan fingerprint density at radius 2 is 1.71 bits per heavy atom. The van der Waals surface area contributed by atoms with Crippen molar-refractivity contribution in [2.75, 3.05) is 26.7 Å². The van der Waals surface area contributed by atoms with E-state index in [0.29, 0.717) is 5.41 Å². The Morgan fingerprint density at radius 1 is 1.10 bits per heavy atom. The standard InChI is InChI=1S/C19H34N2/c1-16(2)13-20-12-11-17-9-7-8-10-18(17)14-21(6)15-19(3,4)5/h7-10,16,20H,11-15H2,1-6H3. The maximum Gasteiger partial charge on any atom is 0.0233 e. The summed E-state index contributed by atoms with van der Waals surface area (Å²) in [6.45, 7) is 15.7. The van der Waals surface area contributed by atoms with Gasteiger partial charge in [-0.25, -0.2) is 0 Å². The number of rotatable bonds is 8. The molecule has 1 aromatic carbocycles. The van der Waals surface area contributed by atoms with Gasteiger partial charge in [-0.1, -0.05) is 58.9 Å². The van der Waals surface area contributed by atoms with Crippen molar-refractivity contribution < 1.29 is 0 Å². The van der Waals surface area contributed by atoms with Gasteiger partial charge in [0.05, 0.1) is 0 Å². The van der Waals surface area contributed by atoms with E-state index >= 15 is 0 Å². The van der Waals surface area contributed by atoms with Gasteiger partial charge in [0.15, 0.2) is 0 Å². The van der Waals surface area contributed by atoms with Crippen molar-refractivity contribution in [2.45, 2.75) is 47.6 Å². The Balaban J connectivity index is 2.54. The first-order valence-electron chi connectivity index (χ1n) is 8.24. The van der Waals surface area contributed by atoms with Crippen LogP contribution in [0.25, 0.3) is 0 Å². The molecular weight excluding hydrogens is 256 g/mol. The van der Waals surface area contributed by atoms with Crippen molar-refractivity contribution in [1.29, 1.82) is 0 Å². The van der Waals surface area contributed by atoms with Crippen molar-refractivity contribution >= 4 is 0 Å². The van der Waals surface area contributed by atoms with E-state index in [1.807, 2.05) is 0 Å². The van der Waals surface area contributed by atoms with E-state index in [1.165, 1.54) is 11.1 Å². The van der Waals surface area contributed by atoms with Crippen LogP contribution in [0.15, 0.2) is 24.3 Å². The van der Waals surface area contributed by atoms with E-state index in [1.54, 1.807) is 0 Å². The molecule has 2 heteroatoms. The van der Waals surface area contributed by atoms with Crippen LogP contribution in [-0.2, 0) is 13.0 Å². The first-order chi connectivity index (χ1) is 9.78. The van der Waals surface area contributed by atoms with Gasteiger partial charge in [-0.2, -0.15) is 0 Å². The summed E-state index contributed by atoms with van der Waals surface area (Å²) in [5.41, 5.74) is 3.30. The van der Waals surface area contributed by atoms with Crippen LogP contribution >= 0.6 is 0 Å². The highest BCUT2D eigenvalue weighted by Crippen LogP contribution is 2.17. The maximum absolute atomic E-state index is 3.54. The molecule has 0 fully saturated rings. The zero-order valence-corrected chi connectivity index (χ0v) is 14.9. The first-order valence-corrected chi connectivity index (χ1v) is 8.24. The van der Waals surface area contributed by atoms with Crippen molar-refractivity contribution in [3.05, 3.63) is 35.4 Å². The molecule has 1 aromatic rings. The molecule has 0 spiro atoms. The molecule has 120 valence electrons. The summed E-state index contributed by atoms with van der Waals surface area (Å²) < 4.78 is 0. The second kappa shape index (κ2) is 8.55. The van der Waals surface area contributed by atoms with Gasteiger partial charge >= 0.3 is 0 Å². The summed E-state index contributed by atoms with van der Waals surface area (Å²) in [6.07, 6.45) is 1.12. The molecule has 0 aromatic heterocycles. The molecule has 1 N–H and O–H groups in total. The fourth-order valence-corrected chi connectivity index (χ4v) is 2.73. The molecule has 0 saturated heterocycles. The molecule has 0 atom stereocenters. The maximum atomic E-state index is 3.54. The fourth-order valence-electron chi connectivity index (χ4n) is 2.73. The highest BCUT2D eigenvalue weighted by atomic mass is 15.1. The minimum atomic E-state index is 0.350. The highest BCUT2D eigenvalue weighted by molar-refractivity contribution is 5.27. The second-order valence-electron chi connectivity index (χ2n) is 7.85. The summed E-state index contributed by atoms with van der Waals surface area (Å²) in [5.74, 6) is 0.721. The smallest absolute Gasteiger partial charge is 0.0233 e. The lowest BCUT2D eigenvalue weighted by Gasteiger charge is -2.27. The number of hydrogen-bond donors (Lipinski definition) is 1. The topological polar surface area (TPSA) is 15.3 Å². The average Bonchev–Trinajstić information content (AvgIpc) is 2.33. The van der Waals surface area contributed by atoms with Crippen LogP contribution in [0.3, 0.4) is 0 Å². The summed E-state index contributed by atoms with van der Waals surface area (Å²) >= 11 is 0. The van der Waals surface area contributed by atoms with Gasteiger partial charge in [-0.15, -0.1) is 0 Å². The fraction of sp³-hybridized carbons (Fsp3) is 0.684. The Bertz CT molecular complexity index is 404. The van der Waals surface area contributed by atoms with Crippen LogP contribution in [-0.4, -0.2) is 31.6 Å². The molecule has 0 heterocycles. The summed E-state index contributed by atoms with van der Waals surface area (Å²) in [5, 5.41) is 3.54. The van der Waals surface area contributed by atoms with Gasteiger partial charge < -0.3 is 10.2 Å². The molecule has 21 heavy (non-hydrogen) atoms. The third-order valence-electron chi connectivity index (χ3n) is 3.43. The third kappa shape index (κ3) is 8.23. The molecule has 0 unspecified atom stereocenters. The van der Waals surface area contributed by atoms with E-state index in [2.05, 4.69) is 76.1 Å². The van der Waals surface area contributed by atoms with E-state index in [4.69, 9.17) is 0 Å². The molecule has 1 rings (SSSR count). The molecule has 0 aliphatic carbocycles. The Hall–Kier alpha value is -0.860. The van der Waals surface area contributed by atoms with Crippen molar-refractivity contribution in [2.24, 2.45) is 11.3 Å². The van der Waals surface area contributed by atoms with Crippen LogP contribution in [0.5, 0.6) is 0 Å². The third-order valence-corrected chi connectivity index (χ3v) is 3.43. The molecule has 0 amide bonds. The minimum absolute atomic E-state index is 0.350. The van der Waals surface area contributed by atoms with Crippen molar-refractivity contribution in [3.8, 4) is 0 Å². The first kappa shape index (κ1) is 18.2. The van der Waals surface area contributed by atoms with Gasteiger partial charge in [0.25, 0.3) is 0 Å². The number of nitrogens with one attached hydrogen (secondary N) is 1. The monoisotopic (exact) mass is 290 g/mol. The Kier molecular flexibility index (Phi) is 7.41. The lowest BCUT2D eigenvalue weighted by molar-refractivity contribution is 0.220. The van der Waals surface area contributed by atoms with Crippen LogP contribution in [0.2, 0.25) is 0 Å². The molecular formula is C19H34N2. The van der Waals surface area contributed by atoms with Crippen LogP contribution in [0.4, 0.5) is 0 Å². The molecule has 0 bridgehead atoms. The lowest BCUT2D eigenvalue weighted by Crippen LogP contribution is -2.29. The summed E-state index contributed by atoms with van der Waals surface area (Å²) in [4.78, 5) is 2.43. The minimum Gasteiger partial charge on any atom is -0.316 e. The number of nitrogens with zero attached hydrogens (tertiary/aromatic N) is 1. The molecule has 0 aliphatic heterocycles. The second-order valence-corrected chi connectivity index (χ2v) is 7.85. The summed E-state index contributed by atoms with van der Waals surface area (Å²) in [6, 6.07) is 8.87. The van der Waals surface area contributed by atoms with Gasteiger partial charge in [-0.05, 0) is 49.0 Å². The molecule has 2 nitrogen and oxygen atoms in total. The normalized spacial score (nSPS) is 12.4. The highest BCUT2D eigenvalue weighted by Gasteiger charge is 2.14. The van der Waals surface area contributed by atoms with Gasteiger partial charge in [0, 0.05) is 13.1 Å². The van der Waals surface area contributed by atoms with E-state index in [-0.39, 0.29) is 0 Å². The van der Waals surface area contributed by atoms with Crippen LogP contribution in [0.1, 0.15) is 45.7 Å². The zero-order chi connectivity index (χ0) is 15.9. The van der Waals surface area contributed by atoms with Crippen LogP contribution in [0, 0.1) is 11.3 Å².